The standard InChI is InChI=1S/C21H18N4O5/c1-22-17-11-24(16-9-4-3-6-14(16)12-26)19(18(17)20(27)23(2)21(22)28)13-7-5-8-15(10-13)25(29)30/h3-11,26H,12H2,1-2H3. The van der Waals surface area contributed by atoms with Gasteiger partial charge in [-0.05, 0) is 6.07 Å². The van der Waals surface area contributed by atoms with E-state index in [0.29, 0.717) is 28.0 Å². The highest BCUT2D eigenvalue weighted by atomic mass is 16.6. The van der Waals surface area contributed by atoms with Crippen LogP contribution in [0.4, 0.5) is 5.69 Å². The second kappa shape index (κ2) is 7.12. The second-order valence-electron chi connectivity index (χ2n) is 6.91. The van der Waals surface area contributed by atoms with Gasteiger partial charge in [0.15, 0.2) is 0 Å². The summed E-state index contributed by atoms with van der Waals surface area (Å²) in [6.07, 6.45) is 1.64. The molecule has 2 aromatic heterocycles. The Morgan fingerprint density at radius 3 is 2.47 bits per heavy atom. The predicted molar refractivity (Wildman–Crippen MR) is 112 cm³/mol. The Kier molecular flexibility index (Phi) is 4.59. The third-order valence-electron chi connectivity index (χ3n) is 5.19. The molecule has 2 aromatic carbocycles. The van der Waals surface area contributed by atoms with E-state index in [0.717, 1.165) is 4.57 Å². The molecule has 0 atom stereocenters. The lowest BCUT2D eigenvalue weighted by Crippen LogP contribution is -2.36. The Hall–Kier alpha value is -3.98. The minimum absolute atomic E-state index is 0.120. The summed E-state index contributed by atoms with van der Waals surface area (Å²) in [6, 6.07) is 13.0. The molecule has 0 bridgehead atoms. The SMILES string of the molecule is Cn1c(=O)c2c(-c3cccc([N+](=O)[O-])c3)n(-c3ccccc3CO)cc2n(C)c1=O. The van der Waals surface area contributed by atoms with E-state index in [9.17, 15) is 24.8 Å². The van der Waals surface area contributed by atoms with Crippen LogP contribution in [0.25, 0.3) is 27.8 Å². The number of aliphatic hydroxyl groups excluding tert-OH is 1. The molecule has 1 N–H and O–H groups in total. The largest absolute Gasteiger partial charge is 0.392 e. The third-order valence-corrected chi connectivity index (χ3v) is 5.19. The molecule has 0 aliphatic heterocycles. The predicted octanol–water partition coefficient (Wildman–Crippen LogP) is 2.10. The van der Waals surface area contributed by atoms with Gasteiger partial charge in [-0.2, -0.15) is 0 Å². The molecular formula is C21H18N4O5. The lowest BCUT2D eigenvalue weighted by molar-refractivity contribution is -0.384. The first kappa shape index (κ1) is 19.3. The van der Waals surface area contributed by atoms with Gasteiger partial charge in [0.2, 0.25) is 0 Å². The highest BCUT2D eigenvalue weighted by molar-refractivity contribution is 5.95. The van der Waals surface area contributed by atoms with Crippen molar-refractivity contribution in [1.29, 1.82) is 0 Å². The van der Waals surface area contributed by atoms with Crippen molar-refractivity contribution in [3.05, 3.63) is 91.2 Å². The number of hydrogen-bond donors (Lipinski definition) is 1. The minimum Gasteiger partial charge on any atom is -0.392 e. The lowest BCUT2D eigenvalue weighted by Gasteiger charge is -2.13. The molecule has 0 saturated heterocycles. The maximum absolute atomic E-state index is 13.1. The van der Waals surface area contributed by atoms with Crippen molar-refractivity contribution in [2.24, 2.45) is 14.1 Å². The van der Waals surface area contributed by atoms with Crippen molar-refractivity contribution in [1.82, 2.24) is 13.7 Å². The number of aliphatic hydroxyl groups is 1. The summed E-state index contributed by atoms with van der Waals surface area (Å²) in [6.45, 7) is -0.240. The maximum Gasteiger partial charge on any atom is 0.330 e. The molecular weight excluding hydrogens is 388 g/mol. The molecule has 9 nitrogen and oxygen atoms in total. The van der Waals surface area contributed by atoms with E-state index in [2.05, 4.69) is 0 Å². The van der Waals surface area contributed by atoms with Gasteiger partial charge in [0.05, 0.1) is 33.8 Å². The van der Waals surface area contributed by atoms with E-state index in [4.69, 9.17) is 0 Å². The van der Waals surface area contributed by atoms with Crippen LogP contribution >= 0.6 is 0 Å². The number of nitro benzene ring substituents is 1. The third kappa shape index (κ3) is 2.83. The van der Waals surface area contributed by atoms with Crippen LogP contribution in [-0.2, 0) is 20.7 Å². The Morgan fingerprint density at radius 2 is 1.77 bits per heavy atom. The first-order valence-corrected chi connectivity index (χ1v) is 9.10. The number of aromatic nitrogens is 3. The average Bonchev–Trinajstić information content (AvgIpc) is 3.17. The smallest absolute Gasteiger partial charge is 0.330 e. The summed E-state index contributed by atoms with van der Waals surface area (Å²) < 4.78 is 4.05. The highest BCUT2D eigenvalue weighted by Crippen LogP contribution is 2.33. The van der Waals surface area contributed by atoms with Crippen LogP contribution in [0.3, 0.4) is 0 Å². The zero-order valence-electron chi connectivity index (χ0n) is 16.3. The Bertz CT molecular complexity index is 1430. The van der Waals surface area contributed by atoms with Gasteiger partial charge in [0.1, 0.15) is 0 Å². The van der Waals surface area contributed by atoms with Crippen molar-refractivity contribution in [2.45, 2.75) is 6.61 Å². The summed E-state index contributed by atoms with van der Waals surface area (Å²) in [5, 5.41) is 21.4. The van der Waals surface area contributed by atoms with Crippen LogP contribution in [0.15, 0.2) is 64.3 Å². The fourth-order valence-electron chi connectivity index (χ4n) is 3.66. The Labute approximate surface area is 169 Å². The lowest BCUT2D eigenvalue weighted by atomic mass is 10.1. The molecule has 152 valence electrons. The Balaban J connectivity index is 2.22. The van der Waals surface area contributed by atoms with Crippen LogP contribution < -0.4 is 11.2 Å². The molecule has 0 spiro atoms. The second-order valence-corrected chi connectivity index (χ2v) is 6.91. The van der Waals surface area contributed by atoms with Gasteiger partial charge in [-0.15, -0.1) is 0 Å². The summed E-state index contributed by atoms with van der Waals surface area (Å²) >= 11 is 0. The summed E-state index contributed by atoms with van der Waals surface area (Å²) in [4.78, 5) is 36.3. The van der Waals surface area contributed by atoms with Crippen molar-refractivity contribution >= 4 is 16.6 Å². The highest BCUT2D eigenvalue weighted by Gasteiger charge is 2.22. The van der Waals surface area contributed by atoms with Gasteiger partial charge in [0, 0.05) is 43.6 Å². The van der Waals surface area contributed by atoms with Gasteiger partial charge in [-0.3, -0.25) is 24.0 Å². The quantitative estimate of drug-likeness (QED) is 0.412. The number of nitro groups is 1. The van der Waals surface area contributed by atoms with Crippen LogP contribution in [0.1, 0.15) is 5.56 Å². The van der Waals surface area contributed by atoms with Crippen molar-refractivity contribution in [3.8, 4) is 16.9 Å². The first-order valence-electron chi connectivity index (χ1n) is 9.10. The molecule has 0 radical (unpaired) electrons. The molecule has 0 unspecified atom stereocenters. The fraction of sp³-hybridized carbons (Fsp3) is 0.143. The minimum atomic E-state index is -0.505. The maximum atomic E-state index is 13.1. The van der Waals surface area contributed by atoms with E-state index in [1.807, 2.05) is 0 Å². The summed E-state index contributed by atoms with van der Waals surface area (Å²) in [5.74, 6) is 0. The number of fused-ring (bicyclic) bond motifs is 1. The van der Waals surface area contributed by atoms with Crippen molar-refractivity contribution < 1.29 is 10.0 Å². The van der Waals surface area contributed by atoms with Gasteiger partial charge >= 0.3 is 5.69 Å². The number of benzene rings is 2. The van der Waals surface area contributed by atoms with Crippen molar-refractivity contribution in [3.63, 3.8) is 0 Å². The van der Waals surface area contributed by atoms with Crippen LogP contribution in [0.2, 0.25) is 0 Å². The molecule has 0 fully saturated rings. The molecule has 0 aliphatic carbocycles. The molecule has 9 heteroatoms. The normalized spacial score (nSPS) is 11.2. The molecule has 0 saturated carbocycles. The van der Waals surface area contributed by atoms with E-state index < -0.39 is 16.2 Å². The van der Waals surface area contributed by atoms with Crippen LogP contribution in [0.5, 0.6) is 0 Å². The zero-order chi connectivity index (χ0) is 21.6. The van der Waals surface area contributed by atoms with E-state index >= 15 is 0 Å². The number of nitrogens with zero attached hydrogens (tertiary/aromatic N) is 4. The fourth-order valence-corrected chi connectivity index (χ4v) is 3.66. The van der Waals surface area contributed by atoms with Gasteiger partial charge in [-0.1, -0.05) is 30.3 Å². The molecule has 30 heavy (non-hydrogen) atoms. The topological polar surface area (TPSA) is 112 Å². The number of para-hydroxylation sites is 1. The van der Waals surface area contributed by atoms with Gasteiger partial charge in [0.25, 0.3) is 11.2 Å². The first-order chi connectivity index (χ1) is 14.3. The van der Waals surface area contributed by atoms with Crippen LogP contribution in [-0.4, -0.2) is 23.7 Å². The van der Waals surface area contributed by atoms with E-state index in [1.165, 1.54) is 23.7 Å². The number of non-ortho nitro benzene ring substituents is 1. The van der Waals surface area contributed by atoms with Crippen LogP contribution in [0, 0.1) is 10.1 Å². The zero-order valence-corrected chi connectivity index (χ0v) is 16.3. The summed E-state index contributed by atoms with van der Waals surface area (Å²) in [5.41, 5.74) is 1.34. The van der Waals surface area contributed by atoms with Gasteiger partial charge in [-0.25, -0.2) is 4.79 Å². The van der Waals surface area contributed by atoms with E-state index in [-0.39, 0.29) is 17.7 Å². The van der Waals surface area contributed by atoms with E-state index in [1.54, 1.807) is 54.2 Å². The summed E-state index contributed by atoms with van der Waals surface area (Å²) in [7, 11) is 2.95. The molecule has 4 aromatic rings. The number of aryl methyl sites for hydroxylation is 1. The average molecular weight is 406 g/mol. The van der Waals surface area contributed by atoms with Gasteiger partial charge < -0.3 is 9.67 Å². The van der Waals surface area contributed by atoms with Crippen molar-refractivity contribution in [2.75, 3.05) is 0 Å². The Morgan fingerprint density at radius 1 is 1.03 bits per heavy atom. The molecule has 4 rings (SSSR count). The molecule has 2 heterocycles. The number of rotatable bonds is 4. The monoisotopic (exact) mass is 406 g/mol. The number of hydrogen-bond acceptors (Lipinski definition) is 5. The molecule has 0 aliphatic rings. The molecule has 0 amide bonds.